The highest BCUT2D eigenvalue weighted by Gasteiger charge is 2.16. The van der Waals surface area contributed by atoms with Crippen molar-refractivity contribution in [3.05, 3.63) is 63.9 Å². The molecule has 0 saturated heterocycles. The predicted octanol–water partition coefficient (Wildman–Crippen LogP) is 3.34. The van der Waals surface area contributed by atoms with Gasteiger partial charge in [0.2, 0.25) is 0 Å². The van der Waals surface area contributed by atoms with Crippen LogP contribution in [0, 0.1) is 5.82 Å². The third-order valence-corrected chi connectivity index (χ3v) is 3.65. The van der Waals surface area contributed by atoms with Crippen LogP contribution >= 0.6 is 15.9 Å². The van der Waals surface area contributed by atoms with E-state index in [1.165, 1.54) is 12.1 Å². The number of methoxy groups -OCH3 is 1. The van der Waals surface area contributed by atoms with Gasteiger partial charge in [0.05, 0.1) is 13.2 Å². The average Bonchev–Trinajstić information content (AvgIpc) is 2.46. The minimum atomic E-state index is -0.308. The van der Waals surface area contributed by atoms with Crippen molar-refractivity contribution in [3.63, 3.8) is 0 Å². The van der Waals surface area contributed by atoms with Gasteiger partial charge in [-0.3, -0.25) is 11.3 Å². The number of benzene rings is 2. The molecule has 0 aromatic heterocycles. The lowest BCUT2D eigenvalue weighted by atomic mass is 9.98. The smallest absolute Gasteiger partial charge is 0.123 e. The summed E-state index contributed by atoms with van der Waals surface area (Å²) in [5, 5.41) is 0. The summed E-state index contributed by atoms with van der Waals surface area (Å²) in [7, 11) is 1.56. The average molecular weight is 339 g/mol. The van der Waals surface area contributed by atoms with Gasteiger partial charge in [-0.1, -0.05) is 28.1 Å². The maximum Gasteiger partial charge on any atom is 0.123 e. The SMILES string of the molecule is COc1ccc(F)cc1C(Cc1ccc(Br)cc1)NN. The van der Waals surface area contributed by atoms with Gasteiger partial charge in [-0.15, -0.1) is 0 Å². The zero-order chi connectivity index (χ0) is 14.5. The molecule has 106 valence electrons. The molecule has 2 rings (SSSR count). The molecule has 3 N–H and O–H groups in total. The minimum Gasteiger partial charge on any atom is -0.496 e. The van der Waals surface area contributed by atoms with Crippen LogP contribution in [-0.4, -0.2) is 7.11 Å². The molecule has 0 fully saturated rings. The van der Waals surface area contributed by atoms with Crippen LogP contribution in [-0.2, 0) is 6.42 Å². The van der Waals surface area contributed by atoms with Gasteiger partial charge < -0.3 is 4.74 Å². The van der Waals surface area contributed by atoms with Gasteiger partial charge in [-0.2, -0.15) is 0 Å². The van der Waals surface area contributed by atoms with Crippen molar-refractivity contribution in [2.45, 2.75) is 12.5 Å². The van der Waals surface area contributed by atoms with Gasteiger partial charge in [0.1, 0.15) is 11.6 Å². The number of rotatable bonds is 5. The third-order valence-electron chi connectivity index (χ3n) is 3.12. The lowest BCUT2D eigenvalue weighted by Gasteiger charge is -2.19. The summed E-state index contributed by atoms with van der Waals surface area (Å²) in [4.78, 5) is 0. The molecule has 0 aliphatic heterocycles. The van der Waals surface area contributed by atoms with Crippen LogP contribution in [0.3, 0.4) is 0 Å². The molecular weight excluding hydrogens is 323 g/mol. The molecule has 0 saturated carbocycles. The fourth-order valence-corrected chi connectivity index (χ4v) is 2.36. The molecule has 20 heavy (non-hydrogen) atoms. The second kappa shape index (κ2) is 6.83. The van der Waals surface area contributed by atoms with E-state index in [1.54, 1.807) is 13.2 Å². The molecule has 0 spiro atoms. The number of halogens is 2. The van der Waals surface area contributed by atoms with Crippen LogP contribution < -0.4 is 16.0 Å². The molecule has 5 heteroatoms. The zero-order valence-electron chi connectivity index (χ0n) is 11.1. The zero-order valence-corrected chi connectivity index (χ0v) is 12.7. The van der Waals surface area contributed by atoms with Gasteiger partial charge in [0.25, 0.3) is 0 Å². The van der Waals surface area contributed by atoms with E-state index in [9.17, 15) is 4.39 Å². The van der Waals surface area contributed by atoms with E-state index in [4.69, 9.17) is 10.6 Å². The molecular formula is C15H16BrFN2O. The highest BCUT2D eigenvalue weighted by molar-refractivity contribution is 9.10. The second-order valence-corrected chi connectivity index (χ2v) is 5.35. The van der Waals surface area contributed by atoms with E-state index in [1.807, 2.05) is 24.3 Å². The van der Waals surface area contributed by atoms with Crippen molar-refractivity contribution in [1.82, 2.24) is 5.43 Å². The predicted molar refractivity (Wildman–Crippen MR) is 80.9 cm³/mol. The van der Waals surface area contributed by atoms with Crippen molar-refractivity contribution >= 4 is 15.9 Å². The number of hydrogen-bond donors (Lipinski definition) is 2. The minimum absolute atomic E-state index is 0.221. The first-order valence-electron chi connectivity index (χ1n) is 6.18. The highest BCUT2D eigenvalue weighted by atomic mass is 79.9. The molecule has 0 heterocycles. The van der Waals surface area contributed by atoms with Gasteiger partial charge >= 0.3 is 0 Å². The van der Waals surface area contributed by atoms with E-state index in [2.05, 4.69) is 21.4 Å². The number of hydrogen-bond acceptors (Lipinski definition) is 3. The first-order chi connectivity index (χ1) is 9.63. The van der Waals surface area contributed by atoms with Crippen LogP contribution in [0.2, 0.25) is 0 Å². The molecule has 1 unspecified atom stereocenters. The molecule has 0 radical (unpaired) electrons. The monoisotopic (exact) mass is 338 g/mol. The molecule has 0 amide bonds. The van der Waals surface area contributed by atoms with E-state index >= 15 is 0 Å². The molecule has 2 aromatic carbocycles. The Morgan fingerprint density at radius 3 is 2.55 bits per heavy atom. The van der Waals surface area contributed by atoms with Gasteiger partial charge in [-0.25, -0.2) is 4.39 Å². The van der Waals surface area contributed by atoms with Crippen LogP contribution in [0.25, 0.3) is 0 Å². The van der Waals surface area contributed by atoms with Gasteiger partial charge in [0, 0.05) is 10.0 Å². The molecule has 2 aromatic rings. The Labute approximate surface area is 126 Å². The summed E-state index contributed by atoms with van der Waals surface area (Å²) in [6, 6.07) is 12.1. The van der Waals surface area contributed by atoms with Crippen LogP contribution in [0.1, 0.15) is 17.2 Å². The Morgan fingerprint density at radius 1 is 1.25 bits per heavy atom. The van der Waals surface area contributed by atoms with Gasteiger partial charge in [0.15, 0.2) is 0 Å². The Morgan fingerprint density at radius 2 is 1.95 bits per heavy atom. The quantitative estimate of drug-likeness (QED) is 0.649. The second-order valence-electron chi connectivity index (χ2n) is 4.44. The molecule has 0 bridgehead atoms. The summed E-state index contributed by atoms with van der Waals surface area (Å²) < 4.78 is 19.7. The third kappa shape index (κ3) is 3.56. The molecule has 0 aliphatic carbocycles. The van der Waals surface area contributed by atoms with E-state index < -0.39 is 0 Å². The van der Waals surface area contributed by atoms with E-state index in [0.29, 0.717) is 17.7 Å². The molecule has 3 nitrogen and oxygen atoms in total. The van der Waals surface area contributed by atoms with Crippen molar-refractivity contribution in [3.8, 4) is 5.75 Å². The summed E-state index contributed by atoms with van der Waals surface area (Å²) in [6.45, 7) is 0. The lowest BCUT2D eigenvalue weighted by Crippen LogP contribution is -2.30. The Bertz CT molecular complexity index is 575. The van der Waals surface area contributed by atoms with Crippen LogP contribution in [0.4, 0.5) is 4.39 Å². The summed E-state index contributed by atoms with van der Waals surface area (Å²) in [6.07, 6.45) is 0.642. The van der Waals surface area contributed by atoms with E-state index in [0.717, 1.165) is 10.0 Å². The topological polar surface area (TPSA) is 47.3 Å². The largest absolute Gasteiger partial charge is 0.496 e. The number of hydrazine groups is 1. The maximum atomic E-state index is 13.4. The van der Waals surface area contributed by atoms with Crippen molar-refractivity contribution in [1.29, 1.82) is 0 Å². The Hall–Kier alpha value is -1.43. The number of ether oxygens (including phenoxy) is 1. The fourth-order valence-electron chi connectivity index (χ4n) is 2.09. The van der Waals surface area contributed by atoms with E-state index in [-0.39, 0.29) is 11.9 Å². The molecule has 0 aliphatic rings. The van der Waals surface area contributed by atoms with Crippen molar-refractivity contribution in [2.75, 3.05) is 7.11 Å². The first-order valence-corrected chi connectivity index (χ1v) is 6.97. The number of nitrogens with two attached hydrogens (primary N) is 1. The van der Waals surface area contributed by atoms with Crippen LogP contribution in [0.15, 0.2) is 46.9 Å². The maximum absolute atomic E-state index is 13.4. The normalized spacial score (nSPS) is 12.2. The Balaban J connectivity index is 2.28. The summed E-state index contributed by atoms with van der Waals surface area (Å²) in [5.74, 6) is 5.93. The summed E-state index contributed by atoms with van der Waals surface area (Å²) in [5.41, 5.74) is 4.53. The standard InChI is InChI=1S/C15H16BrFN2O/c1-20-15-7-6-12(17)9-13(15)14(19-18)8-10-2-4-11(16)5-3-10/h2-7,9,14,19H,8,18H2,1H3. The van der Waals surface area contributed by atoms with Crippen molar-refractivity contribution < 1.29 is 9.13 Å². The molecule has 1 atom stereocenters. The Kier molecular flexibility index (Phi) is 5.11. The lowest BCUT2D eigenvalue weighted by molar-refractivity contribution is 0.397. The highest BCUT2D eigenvalue weighted by Crippen LogP contribution is 2.28. The first kappa shape index (κ1) is 15.0. The summed E-state index contributed by atoms with van der Waals surface area (Å²) >= 11 is 3.40. The van der Waals surface area contributed by atoms with Crippen LogP contribution in [0.5, 0.6) is 5.75 Å². The fraction of sp³-hybridized carbons (Fsp3) is 0.200. The number of nitrogens with one attached hydrogen (secondary N) is 1. The van der Waals surface area contributed by atoms with Crippen molar-refractivity contribution in [2.24, 2.45) is 5.84 Å². The van der Waals surface area contributed by atoms with Gasteiger partial charge in [-0.05, 0) is 42.3 Å².